The molecule has 0 fully saturated rings. The maximum absolute atomic E-state index is 2.33. The minimum atomic E-state index is 1.23. The highest BCUT2D eigenvalue weighted by Crippen LogP contribution is 2.34. The van der Waals surface area contributed by atoms with Crippen LogP contribution >= 0.6 is 0 Å². The number of rotatable bonds is 2. The standard InChI is InChI=1S/C27H22N/c1-19-13-14-23(18-25(19)27-12-5-6-15-28(27)2)24-11-7-10-22-16-20-8-3-4-9-21(20)17-26(22)24/h3-18H,1-2H3/q+1. The zero-order chi connectivity index (χ0) is 19.1. The first kappa shape index (κ1) is 16.7. The van der Waals surface area contributed by atoms with Gasteiger partial charge in [-0.3, -0.25) is 0 Å². The molecule has 0 N–H and O–H groups in total. The zero-order valence-corrected chi connectivity index (χ0v) is 16.2. The zero-order valence-electron chi connectivity index (χ0n) is 16.2. The van der Waals surface area contributed by atoms with Crippen molar-refractivity contribution in [1.82, 2.24) is 0 Å². The highest BCUT2D eigenvalue weighted by molar-refractivity contribution is 6.05. The van der Waals surface area contributed by atoms with Gasteiger partial charge in [0.2, 0.25) is 5.69 Å². The highest BCUT2D eigenvalue weighted by Gasteiger charge is 2.14. The van der Waals surface area contributed by atoms with E-state index in [0.717, 1.165) is 0 Å². The minimum absolute atomic E-state index is 1.23. The average molecular weight is 360 g/mol. The van der Waals surface area contributed by atoms with E-state index in [0.29, 0.717) is 0 Å². The highest BCUT2D eigenvalue weighted by atomic mass is 14.9. The molecule has 28 heavy (non-hydrogen) atoms. The van der Waals surface area contributed by atoms with Gasteiger partial charge in [-0.15, -0.1) is 0 Å². The SMILES string of the molecule is Cc1ccc(-c2cccc3cc4ccccc4cc23)cc1-c1cccc[n+]1C. The Balaban J connectivity index is 1.76. The number of benzene rings is 4. The summed E-state index contributed by atoms with van der Waals surface area (Å²) in [5.41, 5.74) is 6.33. The molecular weight excluding hydrogens is 338 g/mol. The van der Waals surface area contributed by atoms with Gasteiger partial charge in [0.05, 0.1) is 0 Å². The largest absolute Gasteiger partial charge is 0.212 e. The first-order valence-corrected chi connectivity index (χ1v) is 9.68. The second-order valence-corrected chi connectivity index (χ2v) is 7.45. The normalized spacial score (nSPS) is 11.2. The average Bonchev–Trinajstić information content (AvgIpc) is 2.73. The minimum Gasteiger partial charge on any atom is -0.201 e. The summed E-state index contributed by atoms with van der Waals surface area (Å²) >= 11 is 0. The number of nitrogens with zero attached hydrogens (tertiary/aromatic N) is 1. The summed E-state index contributed by atoms with van der Waals surface area (Å²) in [7, 11) is 2.10. The third kappa shape index (κ3) is 2.76. The van der Waals surface area contributed by atoms with E-state index in [-0.39, 0.29) is 0 Å². The van der Waals surface area contributed by atoms with Crippen molar-refractivity contribution < 1.29 is 4.57 Å². The maximum Gasteiger partial charge on any atom is 0.212 e. The van der Waals surface area contributed by atoms with E-state index in [2.05, 4.69) is 116 Å². The summed E-state index contributed by atoms with van der Waals surface area (Å²) in [4.78, 5) is 0. The third-order valence-corrected chi connectivity index (χ3v) is 5.63. The summed E-state index contributed by atoms with van der Waals surface area (Å²) in [6, 6.07) is 33.0. The van der Waals surface area contributed by atoms with Crippen molar-refractivity contribution >= 4 is 21.5 Å². The van der Waals surface area contributed by atoms with Gasteiger partial charge in [0.1, 0.15) is 7.05 Å². The first-order chi connectivity index (χ1) is 13.7. The molecule has 1 heterocycles. The van der Waals surface area contributed by atoms with Gasteiger partial charge in [-0.2, -0.15) is 0 Å². The molecule has 4 aromatic carbocycles. The molecule has 1 nitrogen and oxygen atoms in total. The maximum atomic E-state index is 2.33. The van der Waals surface area contributed by atoms with Crippen LogP contribution in [0.4, 0.5) is 0 Å². The molecule has 0 saturated carbocycles. The lowest BCUT2D eigenvalue weighted by atomic mass is 9.93. The smallest absolute Gasteiger partial charge is 0.201 e. The summed E-state index contributed by atoms with van der Waals surface area (Å²) in [6.07, 6.45) is 2.10. The summed E-state index contributed by atoms with van der Waals surface area (Å²) in [6.45, 7) is 2.18. The predicted octanol–water partition coefficient (Wildman–Crippen LogP) is 6.46. The fourth-order valence-corrected chi connectivity index (χ4v) is 4.09. The van der Waals surface area contributed by atoms with Gasteiger partial charge in [-0.05, 0) is 69.4 Å². The fraction of sp³-hybridized carbons (Fsp3) is 0.0741. The van der Waals surface area contributed by atoms with Gasteiger partial charge >= 0.3 is 0 Å². The lowest BCUT2D eigenvalue weighted by Gasteiger charge is -2.11. The van der Waals surface area contributed by atoms with Crippen LogP contribution in [0.5, 0.6) is 0 Å². The topological polar surface area (TPSA) is 3.88 Å². The Hall–Kier alpha value is -3.45. The van der Waals surface area contributed by atoms with Crippen molar-refractivity contribution in [3.63, 3.8) is 0 Å². The van der Waals surface area contributed by atoms with E-state index < -0.39 is 0 Å². The molecule has 0 bridgehead atoms. The van der Waals surface area contributed by atoms with Crippen LogP contribution in [-0.2, 0) is 7.05 Å². The fourth-order valence-electron chi connectivity index (χ4n) is 4.09. The molecule has 0 atom stereocenters. The van der Waals surface area contributed by atoms with Crippen LogP contribution in [-0.4, -0.2) is 0 Å². The molecule has 0 aliphatic heterocycles. The van der Waals surface area contributed by atoms with Crippen molar-refractivity contribution in [2.75, 3.05) is 0 Å². The lowest BCUT2D eigenvalue weighted by molar-refractivity contribution is -0.660. The first-order valence-electron chi connectivity index (χ1n) is 9.68. The van der Waals surface area contributed by atoms with Crippen molar-refractivity contribution in [3.05, 3.63) is 103 Å². The number of hydrogen-bond acceptors (Lipinski definition) is 0. The number of pyridine rings is 1. The molecule has 0 aliphatic carbocycles. The molecule has 5 rings (SSSR count). The molecule has 0 aliphatic rings. The van der Waals surface area contributed by atoms with E-state index >= 15 is 0 Å². The number of aryl methyl sites for hydroxylation is 2. The second-order valence-electron chi connectivity index (χ2n) is 7.45. The number of aromatic nitrogens is 1. The molecule has 0 spiro atoms. The second kappa shape index (κ2) is 6.61. The Labute approximate surface area is 165 Å². The monoisotopic (exact) mass is 360 g/mol. The number of hydrogen-bond donors (Lipinski definition) is 0. The van der Waals surface area contributed by atoms with Gasteiger partial charge in [-0.25, -0.2) is 4.57 Å². The molecule has 0 radical (unpaired) electrons. The molecule has 0 amide bonds. The Morgan fingerprint density at radius 1 is 0.607 bits per heavy atom. The van der Waals surface area contributed by atoms with Crippen molar-refractivity contribution in [3.8, 4) is 22.4 Å². The van der Waals surface area contributed by atoms with E-state index in [1.54, 1.807) is 0 Å². The quantitative estimate of drug-likeness (QED) is 0.251. The molecule has 0 saturated heterocycles. The molecule has 0 unspecified atom stereocenters. The van der Waals surface area contributed by atoms with E-state index in [1.807, 2.05) is 0 Å². The van der Waals surface area contributed by atoms with E-state index in [9.17, 15) is 0 Å². The van der Waals surface area contributed by atoms with Crippen molar-refractivity contribution in [2.24, 2.45) is 7.05 Å². The van der Waals surface area contributed by atoms with Gasteiger partial charge in [-0.1, -0.05) is 54.6 Å². The predicted molar refractivity (Wildman–Crippen MR) is 118 cm³/mol. The lowest BCUT2D eigenvalue weighted by Crippen LogP contribution is -2.30. The molecule has 5 aromatic rings. The summed E-state index contributed by atoms with van der Waals surface area (Å²) in [5, 5.41) is 5.15. The van der Waals surface area contributed by atoms with Gasteiger partial charge < -0.3 is 0 Å². The Morgan fingerprint density at radius 3 is 2.18 bits per heavy atom. The molecule has 134 valence electrons. The van der Waals surface area contributed by atoms with E-state index in [1.165, 1.54) is 49.5 Å². The Bertz CT molecular complexity index is 1330. The van der Waals surface area contributed by atoms with E-state index in [4.69, 9.17) is 0 Å². The van der Waals surface area contributed by atoms with Crippen LogP contribution < -0.4 is 4.57 Å². The van der Waals surface area contributed by atoms with Gasteiger partial charge in [0.15, 0.2) is 6.20 Å². The van der Waals surface area contributed by atoms with Crippen LogP contribution in [0, 0.1) is 6.92 Å². The van der Waals surface area contributed by atoms with Gasteiger partial charge in [0.25, 0.3) is 0 Å². The molecular formula is C27H22N+. The number of fused-ring (bicyclic) bond motifs is 2. The molecule has 1 heteroatoms. The van der Waals surface area contributed by atoms with Crippen molar-refractivity contribution in [2.45, 2.75) is 6.92 Å². The van der Waals surface area contributed by atoms with Crippen LogP contribution in [0.2, 0.25) is 0 Å². The van der Waals surface area contributed by atoms with Crippen LogP contribution in [0.15, 0.2) is 97.2 Å². The van der Waals surface area contributed by atoms with Crippen LogP contribution in [0.25, 0.3) is 43.9 Å². The third-order valence-electron chi connectivity index (χ3n) is 5.63. The summed E-state index contributed by atoms with van der Waals surface area (Å²) in [5.74, 6) is 0. The summed E-state index contributed by atoms with van der Waals surface area (Å²) < 4.78 is 2.18. The Morgan fingerprint density at radius 2 is 1.36 bits per heavy atom. The van der Waals surface area contributed by atoms with Crippen LogP contribution in [0.1, 0.15) is 5.56 Å². The van der Waals surface area contributed by atoms with Gasteiger partial charge in [0, 0.05) is 17.7 Å². The van der Waals surface area contributed by atoms with Crippen LogP contribution in [0.3, 0.4) is 0 Å². The molecule has 1 aromatic heterocycles. The Kier molecular flexibility index (Phi) is 3.95. The van der Waals surface area contributed by atoms with Crippen molar-refractivity contribution in [1.29, 1.82) is 0 Å².